The number of thiazole rings is 1. The van der Waals surface area contributed by atoms with E-state index in [1.54, 1.807) is 12.1 Å². The minimum absolute atomic E-state index is 0.0367. The van der Waals surface area contributed by atoms with E-state index in [0.717, 1.165) is 36.3 Å². The Morgan fingerprint density at radius 3 is 2.42 bits per heavy atom. The quantitative estimate of drug-likeness (QED) is 0.301. The highest BCUT2D eigenvalue weighted by Crippen LogP contribution is 2.28. The molecule has 1 saturated heterocycles. The third-order valence-electron chi connectivity index (χ3n) is 4.83. The molecule has 11 heteroatoms. The van der Waals surface area contributed by atoms with E-state index in [0.29, 0.717) is 28.9 Å². The van der Waals surface area contributed by atoms with Gasteiger partial charge in [-0.2, -0.15) is 0 Å². The largest absolute Gasteiger partial charge is 0.368 e. The highest BCUT2D eigenvalue weighted by molar-refractivity contribution is 8.14. The Bertz CT molecular complexity index is 1070. The topological polar surface area (TPSA) is 91.6 Å². The summed E-state index contributed by atoms with van der Waals surface area (Å²) >= 11 is 8.33. The number of aromatic nitrogens is 1. The van der Waals surface area contributed by atoms with Crippen LogP contribution in [0.1, 0.15) is 0 Å². The lowest BCUT2D eigenvalue weighted by Crippen LogP contribution is -2.47. The number of nitro benzene ring substituents is 1. The van der Waals surface area contributed by atoms with Gasteiger partial charge in [-0.25, -0.2) is 4.98 Å². The van der Waals surface area contributed by atoms with Crippen molar-refractivity contribution in [1.82, 2.24) is 9.88 Å². The van der Waals surface area contributed by atoms with Crippen LogP contribution in [0.3, 0.4) is 0 Å². The first-order chi connectivity index (χ1) is 15.0. The zero-order valence-corrected chi connectivity index (χ0v) is 18.6. The molecular formula is C20H18ClN5O3S2. The average molecular weight is 476 g/mol. The van der Waals surface area contributed by atoms with E-state index < -0.39 is 4.92 Å². The third kappa shape index (κ3) is 5.27. The number of amides is 1. The van der Waals surface area contributed by atoms with Crippen molar-refractivity contribution in [2.45, 2.75) is 0 Å². The summed E-state index contributed by atoms with van der Waals surface area (Å²) in [5.41, 5.74) is 2.62. The number of hydrogen-bond donors (Lipinski definition) is 1. The number of halogens is 1. The Kier molecular flexibility index (Phi) is 6.59. The Hall–Kier alpha value is -2.82. The summed E-state index contributed by atoms with van der Waals surface area (Å²) in [6.45, 7) is 2.80. The Balaban J connectivity index is 1.27. The zero-order chi connectivity index (χ0) is 21.8. The molecule has 0 saturated carbocycles. The number of carbonyl (C=O) groups excluding carboxylic acids is 1. The van der Waals surface area contributed by atoms with Crippen molar-refractivity contribution in [1.29, 1.82) is 0 Å². The fourth-order valence-electron chi connectivity index (χ4n) is 3.16. The van der Waals surface area contributed by atoms with Gasteiger partial charge in [0.25, 0.3) is 5.69 Å². The van der Waals surface area contributed by atoms with E-state index in [-0.39, 0.29) is 10.9 Å². The van der Waals surface area contributed by atoms with Crippen LogP contribution in [0.15, 0.2) is 53.9 Å². The average Bonchev–Trinajstić information content (AvgIpc) is 3.27. The van der Waals surface area contributed by atoms with Crippen LogP contribution < -0.4 is 9.62 Å². The summed E-state index contributed by atoms with van der Waals surface area (Å²) in [4.78, 5) is 31.4. The number of non-ortho nitro benzene ring substituents is 1. The van der Waals surface area contributed by atoms with Crippen molar-refractivity contribution >= 4 is 56.6 Å². The third-order valence-corrected chi connectivity index (χ3v) is 6.70. The first kappa shape index (κ1) is 21.4. The molecule has 4 rings (SSSR count). The first-order valence-corrected chi connectivity index (χ1v) is 11.5. The summed E-state index contributed by atoms with van der Waals surface area (Å²) in [7, 11) is 0. The van der Waals surface area contributed by atoms with Gasteiger partial charge in [0, 0.05) is 71.9 Å². The van der Waals surface area contributed by atoms with Crippen molar-refractivity contribution in [2.24, 2.45) is 0 Å². The van der Waals surface area contributed by atoms with Gasteiger partial charge >= 0.3 is 5.24 Å². The van der Waals surface area contributed by atoms with Gasteiger partial charge in [0.1, 0.15) is 0 Å². The molecule has 0 radical (unpaired) electrons. The van der Waals surface area contributed by atoms with E-state index in [2.05, 4.69) is 14.6 Å². The second kappa shape index (κ2) is 9.54. The highest BCUT2D eigenvalue weighted by Gasteiger charge is 2.22. The number of anilines is 2. The molecule has 1 amide bonds. The number of nitrogens with one attached hydrogen (secondary N) is 1. The smallest absolute Gasteiger partial charge is 0.302 e. The summed E-state index contributed by atoms with van der Waals surface area (Å²) in [6, 6.07) is 13.9. The van der Waals surface area contributed by atoms with Crippen LogP contribution in [0.2, 0.25) is 5.02 Å². The second-order valence-electron chi connectivity index (χ2n) is 6.76. The van der Waals surface area contributed by atoms with Crippen LogP contribution in [0.25, 0.3) is 11.3 Å². The standard InChI is InChI=1S/C20H18ClN5O3S2/c21-15-3-7-16(8-4-15)24-9-11-25(12-10-24)20(27)31-23-19-22-18(13-30-19)14-1-5-17(6-2-14)26(28)29/h1-8,13H,9-12H2,(H,22,23). The maximum Gasteiger partial charge on any atom is 0.302 e. The van der Waals surface area contributed by atoms with Crippen molar-refractivity contribution in [3.63, 3.8) is 0 Å². The normalized spacial score (nSPS) is 13.8. The van der Waals surface area contributed by atoms with Gasteiger partial charge in [0.15, 0.2) is 5.13 Å². The molecule has 1 N–H and O–H groups in total. The Morgan fingerprint density at radius 2 is 1.77 bits per heavy atom. The lowest BCUT2D eigenvalue weighted by molar-refractivity contribution is -0.384. The van der Waals surface area contributed by atoms with E-state index in [4.69, 9.17) is 11.6 Å². The van der Waals surface area contributed by atoms with E-state index in [9.17, 15) is 14.9 Å². The number of piperazine rings is 1. The predicted octanol–water partition coefficient (Wildman–Crippen LogP) is 5.37. The second-order valence-corrected chi connectivity index (χ2v) is 8.81. The monoisotopic (exact) mass is 475 g/mol. The minimum atomic E-state index is -0.435. The van der Waals surface area contributed by atoms with Crippen LogP contribution in [-0.2, 0) is 0 Å². The van der Waals surface area contributed by atoms with Crippen LogP contribution in [0, 0.1) is 10.1 Å². The summed E-state index contributed by atoms with van der Waals surface area (Å²) in [6.07, 6.45) is 0. The van der Waals surface area contributed by atoms with Gasteiger partial charge < -0.3 is 9.80 Å². The van der Waals surface area contributed by atoms with Gasteiger partial charge in [-0.3, -0.25) is 19.6 Å². The van der Waals surface area contributed by atoms with Crippen LogP contribution in [-0.4, -0.2) is 46.2 Å². The first-order valence-electron chi connectivity index (χ1n) is 9.42. The number of benzene rings is 2. The lowest BCUT2D eigenvalue weighted by Gasteiger charge is -2.35. The summed E-state index contributed by atoms with van der Waals surface area (Å²) in [5.74, 6) is 0. The van der Waals surface area contributed by atoms with Crippen molar-refractivity contribution in [2.75, 3.05) is 35.8 Å². The van der Waals surface area contributed by atoms with E-state index in [1.807, 2.05) is 34.5 Å². The number of nitro groups is 1. The molecule has 0 unspecified atom stereocenters. The summed E-state index contributed by atoms with van der Waals surface area (Å²) in [5, 5.41) is 13.9. The summed E-state index contributed by atoms with van der Waals surface area (Å²) < 4.78 is 3.01. The van der Waals surface area contributed by atoms with Crippen molar-refractivity contribution in [3.05, 3.63) is 69.0 Å². The number of rotatable bonds is 5. The van der Waals surface area contributed by atoms with E-state index >= 15 is 0 Å². The molecule has 8 nitrogen and oxygen atoms in total. The SMILES string of the molecule is O=C(SNc1nc(-c2ccc([N+](=O)[O-])cc2)cs1)N1CCN(c2ccc(Cl)cc2)CC1. The molecule has 1 fully saturated rings. The fraction of sp³-hybridized carbons (Fsp3) is 0.200. The zero-order valence-electron chi connectivity index (χ0n) is 16.2. The molecular weight excluding hydrogens is 458 g/mol. The van der Waals surface area contributed by atoms with Gasteiger partial charge in [-0.1, -0.05) is 11.6 Å². The molecule has 160 valence electrons. The molecule has 2 aromatic carbocycles. The molecule has 0 aliphatic carbocycles. The number of carbonyl (C=O) groups is 1. The molecule has 0 spiro atoms. The maximum absolute atomic E-state index is 12.5. The molecule has 0 atom stereocenters. The van der Waals surface area contributed by atoms with Crippen LogP contribution in [0.4, 0.5) is 21.3 Å². The van der Waals surface area contributed by atoms with Gasteiger partial charge in [-0.05, 0) is 36.4 Å². The Labute approximate surface area is 192 Å². The number of hydrogen-bond acceptors (Lipinski definition) is 8. The maximum atomic E-state index is 12.5. The molecule has 3 aromatic rings. The molecule has 0 bridgehead atoms. The van der Waals surface area contributed by atoms with Gasteiger partial charge in [-0.15, -0.1) is 11.3 Å². The molecule has 31 heavy (non-hydrogen) atoms. The van der Waals surface area contributed by atoms with Crippen LogP contribution >= 0.6 is 34.9 Å². The van der Waals surface area contributed by atoms with Gasteiger partial charge in [0.05, 0.1) is 10.6 Å². The molecule has 1 aliphatic rings. The molecule has 1 aromatic heterocycles. The highest BCUT2D eigenvalue weighted by atomic mass is 35.5. The minimum Gasteiger partial charge on any atom is -0.368 e. The predicted molar refractivity (Wildman–Crippen MR) is 126 cm³/mol. The van der Waals surface area contributed by atoms with Crippen molar-refractivity contribution in [3.8, 4) is 11.3 Å². The molecule has 1 aliphatic heterocycles. The van der Waals surface area contributed by atoms with E-state index in [1.165, 1.54) is 23.5 Å². The number of nitrogens with zero attached hydrogens (tertiary/aromatic N) is 4. The van der Waals surface area contributed by atoms with Gasteiger partial charge in [0.2, 0.25) is 0 Å². The fourth-order valence-corrected chi connectivity index (χ4v) is 4.70. The molecule has 2 heterocycles. The lowest BCUT2D eigenvalue weighted by atomic mass is 10.1. The van der Waals surface area contributed by atoms with Crippen LogP contribution in [0.5, 0.6) is 0 Å². The van der Waals surface area contributed by atoms with Crippen molar-refractivity contribution < 1.29 is 9.72 Å². The Morgan fingerprint density at radius 1 is 1.10 bits per heavy atom.